The van der Waals surface area contributed by atoms with E-state index in [2.05, 4.69) is 25.5 Å². The standard InChI is InChI=1S/C19H28ClF3N6.HI/c1-24-18(25-6-10-28-7-3-2-4-8-28)27-15-5-9-29(13-15)17-16(20)11-14(12-26-17)19(21,22)23;/h11-12,15H,2-10,13H2,1H3,(H2,24,25,27);1H. The van der Waals surface area contributed by atoms with Gasteiger partial charge < -0.3 is 20.4 Å². The molecule has 170 valence electrons. The Labute approximate surface area is 197 Å². The van der Waals surface area contributed by atoms with E-state index in [0.717, 1.165) is 50.8 Å². The van der Waals surface area contributed by atoms with Crippen LogP contribution >= 0.6 is 35.6 Å². The van der Waals surface area contributed by atoms with Crippen molar-refractivity contribution < 1.29 is 13.2 Å². The maximum absolute atomic E-state index is 12.8. The van der Waals surface area contributed by atoms with E-state index in [1.165, 1.54) is 19.3 Å². The minimum Gasteiger partial charge on any atom is -0.355 e. The minimum absolute atomic E-state index is 0. The zero-order chi connectivity index (χ0) is 20.9. The molecule has 1 atom stereocenters. The minimum atomic E-state index is -4.45. The lowest BCUT2D eigenvalue weighted by molar-refractivity contribution is -0.137. The van der Waals surface area contributed by atoms with Crippen molar-refractivity contribution in [3.63, 3.8) is 0 Å². The van der Waals surface area contributed by atoms with Crippen LogP contribution in [0.25, 0.3) is 0 Å². The normalized spacial score (nSPS) is 20.8. The summed E-state index contributed by atoms with van der Waals surface area (Å²) in [6.07, 6.45) is 1.07. The van der Waals surface area contributed by atoms with Crippen LogP contribution in [0.3, 0.4) is 0 Å². The van der Waals surface area contributed by atoms with E-state index in [4.69, 9.17) is 11.6 Å². The Morgan fingerprint density at radius 2 is 2.00 bits per heavy atom. The van der Waals surface area contributed by atoms with Crippen LogP contribution < -0.4 is 15.5 Å². The van der Waals surface area contributed by atoms with E-state index in [9.17, 15) is 13.2 Å². The molecule has 0 spiro atoms. The topological polar surface area (TPSA) is 55.8 Å². The molecule has 6 nitrogen and oxygen atoms in total. The van der Waals surface area contributed by atoms with Gasteiger partial charge in [-0.05, 0) is 38.4 Å². The number of nitrogens with one attached hydrogen (secondary N) is 2. The van der Waals surface area contributed by atoms with Gasteiger partial charge in [0.05, 0.1) is 10.6 Å². The highest BCUT2D eigenvalue weighted by Gasteiger charge is 2.33. The molecule has 0 bridgehead atoms. The lowest BCUT2D eigenvalue weighted by Gasteiger charge is -2.27. The third kappa shape index (κ3) is 7.01. The number of aromatic nitrogens is 1. The number of anilines is 1. The molecule has 1 aromatic heterocycles. The van der Waals surface area contributed by atoms with Gasteiger partial charge in [0, 0.05) is 45.5 Å². The van der Waals surface area contributed by atoms with Crippen LogP contribution in [-0.4, -0.2) is 68.2 Å². The Morgan fingerprint density at radius 1 is 1.27 bits per heavy atom. The number of hydrogen-bond acceptors (Lipinski definition) is 4. The highest BCUT2D eigenvalue weighted by Crippen LogP contribution is 2.34. The smallest absolute Gasteiger partial charge is 0.355 e. The molecule has 0 aromatic carbocycles. The second-order valence-electron chi connectivity index (χ2n) is 7.50. The summed E-state index contributed by atoms with van der Waals surface area (Å²) in [4.78, 5) is 12.6. The summed E-state index contributed by atoms with van der Waals surface area (Å²) in [5, 5.41) is 6.75. The number of guanidine groups is 1. The Bertz CT molecular complexity index is 712. The number of nitrogens with zero attached hydrogens (tertiary/aromatic N) is 4. The molecule has 2 saturated heterocycles. The van der Waals surface area contributed by atoms with Crippen molar-refractivity contribution in [3.8, 4) is 0 Å². The molecule has 3 rings (SSSR count). The molecular formula is C19H29ClF3IN6. The molecule has 2 N–H and O–H groups in total. The summed E-state index contributed by atoms with van der Waals surface area (Å²) >= 11 is 6.07. The first-order valence-electron chi connectivity index (χ1n) is 10.0. The maximum atomic E-state index is 12.8. The van der Waals surface area contributed by atoms with E-state index >= 15 is 0 Å². The van der Waals surface area contributed by atoms with Crippen LogP contribution in [0.2, 0.25) is 5.02 Å². The van der Waals surface area contributed by atoms with Crippen molar-refractivity contribution in [3.05, 3.63) is 22.8 Å². The van der Waals surface area contributed by atoms with Crippen molar-refractivity contribution in [1.82, 2.24) is 20.5 Å². The number of alkyl halides is 3. The van der Waals surface area contributed by atoms with Gasteiger partial charge >= 0.3 is 6.18 Å². The summed E-state index contributed by atoms with van der Waals surface area (Å²) in [5.41, 5.74) is -0.835. The molecule has 2 fully saturated rings. The van der Waals surface area contributed by atoms with E-state index in [1.807, 2.05) is 4.90 Å². The third-order valence-electron chi connectivity index (χ3n) is 5.37. The SMILES string of the molecule is CN=C(NCCN1CCCCC1)NC1CCN(c2ncc(C(F)(F)F)cc2Cl)C1.I. The van der Waals surface area contributed by atoms with Gasteiger partial charge in [0.25, 0.3) is 0 Å². The van der Waals surface area contributed by atoms with Crippen molar-refractivity contribution in [2.45, 2.75) is 37.9 Å². The highest BCUT2D eigenvalue weighted by atomic mass is 127. The average Bonchev–Trinajstić information content (AvgIpc) is 3.15. The van der Waals surface area contributed by atoms with Crippen LogP contribution in [0.4, 0.5) is 19.0 Å². The molecule has 3 heterocycles. The summed E-state index contributed by atoms with van der Waals surface area (Å²) in [7, 11) is 1.73. The molecule has 0 aliphatic carbocycles. The highest BCUT2D eigenvalue weighted by molar-refractivity contribution is 14.0. The van der Waals surface area contributed by atoms with Crippen molar-refractivity contribution in [2.24, 2.45) is 4.99 Å². The number of hydrogen-bond donors (Lipinski definition) is 2. The molecule has 2 aliphatic heterocycles. The summed E-state index contributed by atoms with van der Waals surface area (Å²) < 4.78 is 38.4. The summed E-state index contributed by atoms with van der Waals surface area (Å²) in [6, 6.07) is 1.06. The van der Waals surface area contributed by atoms with Gasteiger partial charge in [-0.2, -0.15) is 13.2 Å². The monoisotopic (exact) mass is 560 g/mol. The number of piperidine rings is 1. The largest absolute Gasteiger partial charge is 0.417 e. The van der Waals surface area contributed by atoms with E-state index < -0.39 is 11.7 Å². The number of likely N-dealkylation sites (tertiary alicyclic amines) is 1. The van der Waals surface area contributed by atoms with Gasteiger partial charge in [-0.15, -0.1) is 24.0 Å². The fourth-order valence-electron chi connectivity index (χ4n) is 3.79. The Balaban J connectivity index is 0.00000320. The molecule has 11 heteroatoms. The third-order valence-corrected chi connectivity index (χ3v) is 5.65. The van der Waals surface area contributed by atoms with Crippen LogP contribution in [0, 0.1) is 0 Å². The lowest BCUT2D eigenvalue weighted by atomic mass is 10.1. The first-order chi connectivity index (χ1) is 13.9. The van der Waals surface area contributed by atoms with Gasteiger partial charge in [-0.1, -0.05) is 18.0 Å². The van der Waals surface area contributed by atoms with Crippen molar-refractivity contribution >= 4 is 47.4 Å². The number of halogens is 5. The maximum Gasteiger partial charge on any atom is 0.417 e. The Morgan fingerprint density at radius 3 is 2.63 bits per heavy atom. The Kier molecular flexibility index (Phi) is 9.73. The van der Waals surface area contributed by atoms with Crippen LogP contribution in [0.1, 0.15) is 31.2 Å². The first-order valence-corrected chi connectivity index (χ1v) is 10.4. The zero-order valence-corrected chi connectivity index (χ0v) is 20.1. The molecule has 0 saturated carbocycles. The molecule has 2 aliphatic rings. The molecule has 30 heavy (non-hydrogen) atoms. The van der Waals surface area contributed by atoms with Crippen LogP contribution in [0.5, 0.6) is 0 Å². The van der Waals surface area contributed by atoms with Crippen LogP contribution in [0.15, 0.2) is 17.3 Å². The second kappa shape index (κ2) is 11.6. The summed E-state index contributed by atoms with van der Waals surface area (Å²) in [6.45, 7) is 5.40. The molecule has 1 unspecified atom stereocenters. The van der Waals surface area contributed by atoms with E-state index in [0.29, 0.717) is 18.9 Å². The molecule has 0 amide bonds. The van der Waals surface area contributed by atoms with Gasteiger partial charge in [0.2, 0.25) is 0 Å². The van der Waals surface area contributed by atoms with Gasteiger partial charge in [-0.3, -0.25) is 4.99 Å². The van der Waals surface area contributed by atoms with E-state index in [-0.39, 0.29) is 35.0 Å². The van der Waals surface area contributed by atoms with Crippen molar-refractivity contribution in [2.75, 3.05) is 51.2 Å². The average molecular weight is 561 g/mol. The van der Waals surface area contributed by atoms with Gasteiger partial charge in [0.1, 0.15) is 5.82 Å². The van der Waals surface area contributed by atoms with Crippen molar-refractivity contribution in [1.29, 1.82) is 0 Å². The van der Waals surface area contributed by atoms with Crippen LogP contribution in [-0.2, 0) is 6.18 Å². The number of rotatable bonds is 5. The predicted molar refractivity (Wildman–Crippen MR) is 125 cm³/mol. The van der Waals surface area contributed by atoms with Gasteiger partial charge in [-0.25, -0.2) is 4.98 Å². The second-order valence-corrected chi connectivity index (χ2v) is 7.91. The number of aliphatic imine (C=N–C) groups is 1. The van der Waals surface area contributed by atoms with Gasteiger partial charge in [0.15, 0.2) is 5.96 Å². The molecule has 1 aromatic rings. The zero-order valence-electron chi connectivity index (χ0n) is 17.0. The molecule has 0 radical (unpaired) electrons. The van der Waals surface area contributed by atoms with E-state index in [1.54, 1.807) is 7.05 Å². The number of pyridine rings is 1. The fraction of sp³-hybridized carbons (Fsp3) is 0.684. The Hall–Kier alpha value is -1.01. The predicted octanol–water partition coefficient (Wildman–Crippen LogP) is 3.60. The molecular weight excluding hydrogens is 532 g/mol. The first kappa shape index (κ1) is 25.3. The summed E-state index contributed by atoms with van der Waals surface area (Å²) in [5.74, 6) is 1.12. The fourth-order valence-corrected chi connectivity index (χ4v) is 4.08. The quantitative estimate of drug-likeness (QED) is 0.328. The lowest BCUT2D eigenvalue weighted by Crippen LogP contribution is -2.47.